The largest absolute Gasteiger partial charge is 0.305 e. The molecule has 0 N–H and O–H groups in total. The first-order valence-electron chi connectivity index (χ1n) is 4.62. The molecule has 1 atom stereocenters. The van der Waals surface area contributed by atoms with E-state index in [-0.39, 0.29) is 0 Å². The van der Waals surface area contributed by atoms with Crippen molar-refractivity contribution in [2.45, 2.75) is 25.8 Å². The van der Waals surface area contributed by atoms with Gasteiger partial charge >= 0.3 is 0 Å². The summed E-state index contributed by atoms with van der Waals surface area (Å²) in [6.45, 7) is 6.05. The Balaban J connectivity index is 2.45. The molecule has 66 valence electrons. The molecule has 2 nitrogen and oxygen atoms in total. The zero-order valence-electron chi connectivity index (χ0n) is 8.01. The molecule has 11 heavy (non-hydrogen) atoms. The van der Waals surface area contributed by atoms with Crippen molar-refractivity contribution in [1.82, 2.24) is 9.80 Å². The quantitative estimate of drug-likeness (QED) is 0.559. The summed E-state index contributed by atoms with van der Waals surface area (Å²) in [5.41, 5.74) is 0. The van der Waals surface area contributed by atoms with Crippen LogP contribution in [0.3, 0.4) is 0 Å². The maximum absolute atomic E-state index is 2.49. The minimum absolute atomic E-state index is 0.780. The van der Waals surface area contributed by atoms with Crippen molar-refractivity contribution in [2.24, 2.45) is 0 Å². The van der Waals surface area contributed by atoms with Crippen molar-refractivity contribution in [3.8, 4) is 0 Å². The Morgan fingerprint density at radius 1 is 1.27 bits per heavy atom. The standard InChI is InChI=1S/C9H20N2/c1-4-9-8-10(2)6-5-7-11(9)3/h9H,4-8H2,1-3H3/t9-/m1/s1. The van der Waals surface area contributed by atoms with Crippen molar-refractivity contribution in [2.75, 3.05) is 33.7 Å². The summed E-state index contributed by atoms with van der Waals surface area (Å²) in [5, 5.41) is 0. The fraction of sp³-hybridized carbons (Fsp3) is 1.00. The molecule has 1 aliphatic rings. The van der Waals surface area contributed by atoms with Crippen molar-refractivity contribution < 1.29 is 0 Å². The highest BCUT2D eigenvalue weighted by atomic mass is 15.2. The third-order valence-electron chi connectivity index (χ3n) is 2.67. The molecule has 1 saturated heterocycles. The van der Waals surface area contributed by atoms with Crippen LogP contribution in [0.5, 0.6) is 0 Å². The highest BCUT2D eigenvalue weighted by Crippen LogP contribution is 2.08. The van der Waals surface area contributed by atoms with E-state index in [4.69, 9.17) is 0 Å². The summed E-state index contributed by atoms with van der Waals surface area (Å²) in [6.07, 6.45) is 2.60. The van der Waals surface area contributed by atoms with Gasteiger partial charge in [-0.1, -0.05) is 6.92 Å². The average Bonchev–Trinajstić information content (AvgIpc) is 2.13. The van der Waals surface area contributed by atoms with Crippen molar-refractivity contribution >= 4 is 0 Å². The number of nitrogens with zero attached hydrogens (tertiary/aromatic N) is 2. The molecule has 0 aromatic carbocycles. The van der Waals surface area contributed by atoms with E-state index < -0.39 is 0 Å². The highest BCUT2D eigenvalue weighted by molar-refractivity contribution is 4.74. The van der Waals surface area contributed by atoms with Gasteiger partial charge in [0, 0.05) is 12.6 Å². The lowest BCUT2D eigenvalue weighted by molar-refractivity contribution is 0.220. The summed E-state index contributed by atoms with van der Waals surface area (Å²) in [4.78, 5) is 4.93. The minimum Gasteiger partial charge on any atom is -0.305 e. The zero-order valence-corrected chi connectivity index (χ0v) is 8.01. The molecule has 1 rings (SSSR count). The predicted molar refractivity (Wildman–Crippen MR) is 48.8 cm³/mol. The monoisotopic (exact) mass is 156 g/mol. The van der Waals surface area contributed by atoms with Gasteiger partial charge in [-0.3, -0.25) is 0 Å². The van der Waals surface area contributed by atoms with E-state index in [9.17, 15) is 0 Å². The van der Waals surface area contributed by atoms with Gasteiger partial charge in [0.25, 0.3) is 0 Å². The van der Waals surface area contributed by atoms with Crippen LogP contribution in [-0.2, 0) is 0 Å². The molecule has 0 aromatic heterocycles. The molecular formula is C9H20N2. The van der Waals surface area contributed by atoms with E-state index >= 15 is 0 Å². The van der Waals surface area contributed by atoms with Gasteiger partial charge in [-0.2, -0.15) is 0 Å². The number of rotatable bonds is 1. The van der Waals surface area contributed by atoms with Crippen LogP contribution in [0.25, 0.3) is 0 Å². The number of hydrogen-bond acceptors (Lipinski definition) is 2. The fourth-order valence-electron chi connectivity index (χ4n) is 1.80. The maximum Gasteiger partial charge on any atom is 0.0217 e. The Bertz CT molecular complexity index is 114. The summed E-state index contributed by atoms with van der Waals surface area (Å²) in [5.74, 6) is 0. The first-order valence-corrected chi connectivity index (χ1v) is 4.62. The van der Waals surface area contributed by atoms with Crippen molar-refractivity contribution in [3.05, 3.63) is 0 Å². The minimum atomic E-state index is 0.780. The van der Waals surface area contributed by atoms with Crippen LogP contribution in [0.2, 0.25) is 0 Å². The van der Waals surface area contributed by atoms with Crippen molar-refractivity contribution in [1.29, 1.82) is 0 Å². The van der Waals surface area contributed by atoms with E-state index in [1.54, 1.807) is 0 Å². The lowest BCUT2D eigenvalue weighted by Gasteiger charge is -2.25. The van der Waals surface area contributed by atoms with Gasteiger partial charge < -0.3 is 9.80 Å². The molecular weight excluding hydrogens is 136 g/mol. The van der Waals surface area contributed by atoms with Crippen LogP contribution in [0.15, 0.2) is 0 Å². The molecule has 0 spiro atoms. The molecule has 0 bridgehead atoms. The fourth-order valence-corrected chi connectivity index (χ4v) is 1.80. The van der Waals surface area contributed by atoms with Crippen LogP contribution < -0.4 is 0 Å². The second-order valence-electron chi connectivity index (χ2n) is 3.66. The lowest BCUT2D eigenvalue weighted by atomic mass is 10.2. The first kappa shape index (κ1) is 9.01. The molecule has 2 heteroatoms. The van der Waals surface area contributed by atoms with Crippen LogP contribution in [0.1, 0.15) is 19.8 Å². The third kappa shape index (κ3) is 2.46. The normalized spacial score (nSPS) is 30.3. The number of likely N-dealkylation sites (N-methyl/N-ethyl adjacent to an activating group) is 2. The van der Waals surface area contributed by atoms with Gasteiger partial charge in [-0.15, -0.1) is 0 Å². The van der Waals surface area contributed by atoms with Gasteiger partial charge in [0.15, 0.2) is 0 Å². The molecule has 0 saturated carbocycles. The van der Waals surface area contributed by atoms with E-state index in [1.165, 1.54) is 32.5 Å². The second-order valence-corrected chi connectivity index (χ2v) is 3.66. The van der Waals surface area contributed by atoms with Gasteiger partial charge in [-0.25, -0.2) is 0 Å². The van der Waals surface area contributed by atoms with Gasteiger partial charge in [0.05, 0.1) is 0 Å². The lowest BCUT2D eigenvalue weighted by Crippen LogP contribution is -2.36. The van der Waals surface area contributed by atoms with Gasteiger partial charge in [-0.05, 0) is 40.0 Å². The molecule has 0 unspecified atom stereocenters. The molecule has 0 aromatic rings. The van der Waals surface area contributed by atoms with E-state index in [2.05, 4.69) is 30.8 Å². The first-order chi connectivity index (χ1) is 5.24. The zero-order chi connectivity index (χ0) is 8.27. The molecule has 0 amide bonds. The molecule has 1 fully saturated rings. The van der Waals surface area contributed by atoms with Crippen LogP contribution in [0.4, 0.5) is 0 Å². The Morgan fingerprint density at radius 2 is 2.00 bits per heavy atom. The average molecular weight is 156 g/mol. The summed E-state index contributed by atoms with van der Waals surface area (Å²) < 4.78 is 0. The Labute approximate surface area is 70.2 Å². The molecule has 0 radical (unpaired) electrons. The van der Waals surface area contributed by atoms with Gasteiger partial charge in [0.2, 0.25) is 0 Å². The summed E-state index contributed by atoms with van der Waals surface area (Å²) in [6, 6.07) is 0.780. The molecule has 0 aliphatic carbocycles. The molecule has 1 heterocycles. The predicted octanol–water partition coefficient (Wildman–Crippen LogP) is 1.03. The van der Waals surface area contributed by atoms with E-state index in [0.29, 0.717) is 0 Å². The summed E-state index contributed by atoms with van der Waals surface area (Å²) in [7, 11) is 4.47. The van der Waals surface area contributed by atoms with Crippen molar-refractivity contribution in [3.63, 3.8) is 0 Å². The van der Waals surface area contributed by atoms with E-state index in [0.717, 1.165) is 6.04 Å². The smallest absolute Gasteiger partial charge is 0.0217 e. The Hall–Kier alpha value is -0.0800. The molecule has 1 aliphatic heterocycles. The van der Waals surface area contributed by atoms with Gasteiger partial charge in [0.1, 0.15) is 0 Å². The maximum atomic E-state index is 2.49. The SMILES string of the molecule is CC[C@@H]1CN(C)CCCN1C. The highest BCUT2D eigenvalue weighted by Gasteiger charge is 2.17. The van der Waals surface area contributed by atoms with Crippen LogP contribution in [-0.4, -0.2) is 49.6 Å². The topological polar surface area (TPSA) is 6.48 Å². The van der Waals surface area contributed by atoms with Crippen LogP contribution >= 0.6 is 0 Å². The second kappa shape index (κ2) is 4.07. The van der Waals surface area contributed by atoms with E-state index in [1.807, 2.05) is 0 Å². The summed E-state index contributed by atoms with van der Waals surface area (Å²) >= 11 is 0. The Kier molecular flexibility index (Phi) is 3.34. The third-order valence-corrected chi connectivity index (χ3v) is 2.67. The van der Waals surface area contributed by atoms with Crippen LogP contribution in [0, 0.1) is 0 Å². The number of hydrogen-bond donors (Lipinski definition) is 0. The Morgan fingerprint density at radius 3 is 2.64 bits per heavy atom.